The molecule has 1 aromatic carbocycles. The number of hydrogen-bond donors (Lipinski definition) is 1. The molecule has 2 rings (SSSR count). The standard InChI is InChI=1S/C15H14F3N3O3/c1-20(8-10-3-2-4-11(7-10)15(16,17)18)13(23)9-21-6-5-12(22)19-14(21)24/h2-7H,8-9H2,1H3,(H,19,22,24). The van der Waals surface area contributed by atoms with Gasteiger partial charge >= 0.3 is 11.9 Å². The number of alkyl halides is 3. The Morgan fingerprint density at radius 1 is 1.25 bits per heavy atom. The SMILES string of the molecule is CN(Cc1cccc(C(F)(F)F)c1)C(=O)Cn1ccc(=O)[nH]c1=O. The Hall–Kier alpha value is -2.84. The van der Waals surface area contributed by atoms with Crippen molar-refractivity contribution in [2.45, 2.75) is 19.3 Å². The molecule has 0 aliphatic rings. The molecule has 0 fully saturated rings. The molecule has 24 heavy (non-hydrogen) atoms. The second kappa shape index (κ2) is 6.73. The molecular weight excluding hydrogens is 327 g/mol. The van der Waals surface area contributed by atoms with Crippen LogP contribution < -0.4 is 11.2 Å². The van der Waals surface area contributed by atoms with Crippen LogP contribution in [-0.4, -0.2) is 27.4 Å². The number of carbonyl (C=O) groups excluding carboxylic acids is 1. The number of amides is 1. The number of benzene rings is 1. The van der Waals surface area contributed by atoms with E-state index in [0.717, 1.165) is 22.8 Å². The Labute approximate surface area is 134 Å². The maximum atomic E-state index is 12.7. The molecule has 0 bridgehead atoms. The van der Waals surface area contributed by atoms with Gasteiger partial charge in [0.25, 0.3) is 5.56 Å². The average Bonchev–Trinajstić information content (AvgIpc) is 2.49. The summed E-state index contributed by atoms with van der Waals surface area (Å²) in [6.45, 7) is -0.369. The van der Waals surface area contributed by atoms with Gasteiger partial charge in [-0.15, -0.1) is 0 Å². The number of nitrogens with one attached hydrogen (secondary N) is 1. The van der Waals surface area contributed by atoms with Crippen molar-refractivity contribution in [2.24, 2.45) is 0 Å². The molecule has 2 aromatic rings. The minimum atomic E-state index is -4.46. The lowest BCUT2D eigenvalue weighted by atomic mass is 10.1. The van der Waals surface area contributed by atoms with Crippen molar-refractivity contribution in [1.82, 2.24) is 14.5 Å². The lowest BCUT2D eigenvalue weighted by Crippen LogP contribution is -2.36. The Kier molecular flexibility index (Phi) is 4.91. The van der Waals surface area contributed by atoms with Gasteiger partial charge in [-0.3, -0.25) is 19.1 Å². The van der Waals surface area contributed by atoms with Crippen molar-refractivity contribution >= 4 is 5.91 Å². The summed E-state index contributed by atoms with van der Waals surface area (Å²) in [5, 5.41) is 0. The number of likely N-dealkylation sites (N-methyl/N-ethyl adjacent to an activating group) is 1. The van der Waals surface area contributed by atoms with Gasteiger partial charge in [-0.1, -0.05) is 12.1 Å². The van der Waals surface area contributed by atoms with Crippen LogP contribution in [0.25, 0.3) is 0 Å². The van der Waals surface area contributed by atoms with Gasteiger partial charge in [0.05, 0.1) is 5.56 Å². The van der Waals surface area contributed by atoms with Crippen LogP contribution in [0, 0.1) is 0 Å². The molecule has 9 heteroatoms. The second-order valence-electron chi connectivity index (χ2n) is 5.19. The first kappa shape index (κ1) is 17.5. The molecule has 1 amide bonds. The van der Waals surface area contributed by atoms with Crippen molar-refractivity contribution in [1.29, 1.82) is 0 Å². The van der Waals surface area contributed by atoms with E-state index in [2.05, 4.69) is 0 Å². The Bertz CT molecular complexity index is 855. The van der Waals surface area contributed by atoms with E-state index in [9.17, 15) is 27.6 Å². The highest BCUT2D eigenvalue weighted by Crippen LogP contribution is 2.29. The van der Waals surface area contributed by atoms with Gasteiger partial charge in [0, 0.05) is 25.9 Å². The topological polar surface area (TPSA) is 75.2 Å². The minimum Gasteiger partial charge on any atom is -0.340 e. The molecule has 0 radical (unpaired) electrons. The Balaban J connectivity index is 2.09. The summed E-state index contributed by atoms with van der Waals surface area (Å²) in [6.07, 6.45) is -3.28. The van der Waals surface area contributed by atoms with Gasteiger partial charge in [0.15, 0.2) is 0 Å². The summed E-state index contributed by atoms with van der Waals surface area (Å²) in [5.41, 5.74) is -1.79. The lowest BCUT2D eigenvalue weighted by Gasteiger charge is -2.18. The van der Waals surface area contributed by atoms with Gasteiger partial charge < -0.3 is 4.90 Å². The van der Waals surface area contributed by atoms with Crippen molar-refractivity contribution in [2.75, 3.05) is 7.05 Å². The molecule has 0 aliphatic heterocycles. The smallest absolute Gasteiger partial charge is 0.340 e. The predicted octanol–water partition coefficient (Wildman–Crippen LogP) is 1.21. The summed E-state index contributed by atoms with van der Waals surface area (Å²) in [5.74, 6) is -0.485. The van der Waals surface area contributed by atoms with E-state index in [1.54, 1.807) is 0 Å². The summed E-state index contributed by atoms with van der Waals surface area (Å²) < 4.78 is 39.0. The van der Waals surface area contributed by atoms with Crippen LogP contribution in [0.2, 0.25) is 0 Å². The van der Waals surface area contributed by atoms with Gasteiger partial charge in [0.1, 0.15) is 6.54 Å². The highest BCUT2D eigenvalue weighted by Gasteiger charge is 2.30. The molecule has 128 valence electrons. The van der Waals surface area contributed by atoms with Crippen LogP contribution in [0.15, 0.2) is 46.1 Å². The molecule has 0 unspecified atom stereocenters. The number of H-pyrrole nitrogens is 1. The van der Waals surface area contributed by atoms with E-state index >= 15 is 0 Å². The van der Waals surface area contributed by atoms with Gasteiger partial charge in [0.2, 0.25) is 5.91 Å². The first-order chi connectivity index (χ1) is 11.2. The van der Waals surface area contributed by atoms with Gasteiger partial charge in [-0.2, -0.15) is 13.2 Å². The molecule has 1 heterocycles. The zero-order chi connectivity index (χ0) is 17.9. The summed E-state index contributed by atoms with van der Waals surface area (Å²) in [7, 11) is 1.42. The lowest BCUT2D eigenvalue weighted by molar-refractivity contribution is -0.137. The molecule has 1 N–H and O–H groups in total. The predicted molar refractivity (Wildman–Crippen MR) is 79.2 cm³/mol. The van der Waals surface area contributed by atoms with Crippen LogP contribution in [0.3, 0.4) is 0 Å². The number of nitrogens with zero attached hydrogens (tertiary/aromatic N) is 2. The third kappa shape index (κ3) is 4.34. The first-order valence-corrected chi connectivity index (χ1v) is 6.86. The number of hydrogen-bond acceptors (Lipinski definition) is 3. The highest BCUT2D eigenvalue weighted by molar-refractivity contribution is 5.75. The maximum Gasteiger partial charge on any atom is 0.416 e. The Morgan fingerprint density at radius 3 is 2.58 bits per heavy atom. The number of aromatic amines is 1. The number of aromatic nitrogens is 2. The van der Waals surface area contributed by atoms with E-state index in [1.807, 2.05) is 4.98 Å². The van der Waals surface area contributed by atoms with Crippen LogP contribution in [0.4, 0.5) is 13.2 Å². The number of carbonyl (C=O) groups is 1. The monoisotopic (exact) mass is 341 g/mol. The average molecular weight is 341 g/mol. The van der Waals surface area contributed by atoms with Crippen LogP contribution in [-0.2, 0) is 24.1 Å². The van der Waals surface area contributed by atoms with E-state index < -0.39 is 28.9 Å². The minimum absolute atomic E-state index is 0.0408. The van der Waals surface area contributed by atoms with Crippen LogP contribution in [0.1, 0.15) is 11.1 Å². The fraction of sp³-hybridized carbons (Fsp3) is 0.267. The molecule has 0 saturated carbocycles. The van der Waals surface area contributed by atoms with Gasteiger partial charge in [-0.05, 0) is 17.7 Å². The van der Waals surface area contributed by atoms with Crippen molar-refractivity contribution in [3.63, 3.8) is 0 Å². The number of rotatable bonds is 4. The van der Waals surface area contributed by atoms with Crippen LogP contribution >= 0.6 is 0 Å². The molecular formula is C15H14F3N3O3. The molecule has 0 saturated heterocycles. The maximum absolute atomic E-state index is 12.7. The van der Waals surface area contributed by atoms with E-state index in [0.29, 0.717) is 5.56 Å². The van der Waals surface area contributed by atoms with Crippen LogP contribution in [0.5, 0.6) is 0 Å². The zero-order valence-corrected chi connectivity index (χ0v) is 12.6. The highest BCUT2D eigenvalue weighted by atomic mass is 19.4. The quantitative estimate of drug-likeness (QED) is 0.908. The molecule has 0 atom stereocenters. The Morgan fingerprint density at radius 2 is 1.96 bits per heavy atom. The molecule has 6 nitrogen and oxygen atoms in total. The van der Waals surface area contributed by atoms with Gasteiger partial charge in [-0.25, -0.2) is 4.79 Å². The van der Waals surface area contributed by atoms with E-state index in [4.69, 9.17) is 0 Å². The normalized spacial score (nSPS) is 11.3. The third-order valence-corrected chi connectivity index (χ3v) is 3.30. The fourth-order valence-corrected chi connectivity index (χ4v) is 2.04. The molecule has 0 spiro atoms. The van der Waals surface area contributed by atoms with Crippen molar-refractivity contribution < 1.29 is 18.0 Å². The van der Waals surface area contributed by atoms with Crippen molar-refractivity contribution in [3.05, 3.63) is 68.5 Å². The summed E-state index contributed by atoms with van der Waals surface area (Å²) in [4.78, 5) is 37.8. The van der Waals surface area contributed by atoms with Crippen molar-refractivity contribution in [3.8, 4) is 0 Å². The zero-order valence-electron chi connectivity index (χ0n) is 12.6. The summed E-state index contributed by atoms with van der Waals surface area (Å²) >= 11 is 0. The third-order valence-electron chi connectivity index (χ3n) is 3.30. The van der Waals surface area contributed by atoms with E-state index in [-0.39, 0.29) is 13.1 Å². The second-order valence-corrected chi connectivity index (χ2v) is 5.19. The summed E-state index contributed by atoms with van der Waals surface area (Å²) in [6, 6.07) is 5.76. The number of halogens is 3. The first-order valence-electron chi connectivity index (χ1n) is 6.86. The fourth-order valence-electron chi connectivity index (χ4n) is 2.04. The molecule has 1 aromatic heterocycles. The van der Waals surface area contributed by atoms with E-state index in [1.165, 1.54) is 30.3 Å². The largest absolute Gasteiger partial charge is 0.416 e. The molecule has 0 aliphatic carbocycles.